The smallest absolute Gasteiger partial charge is 0.0847 e. The summed E-state index contributed by atoms with van der Waals surface area (Å²) in [4.78, 5) is 0. The van der Waals surface area contributed by atoms with Crippen LogP contribution in [-0.2, 0) is 13.5 Å². The van der Waals surface area contributed by atoms with Gasteiger partial charge in [-0.2, -0.15) is 10.2 Å². The van der Waals surface area contributed by atoms with E-state index in [0.717, 1.165) is 22.5 Å². The van der Waals surface area contributed by atoms with E-state index >= 15 is 0 Å². The first-order valence-electron chi connectivity index (χ1n) is 6.68. The van der Waals surface area contributed by atoms with Crippen molar-refractivity contribution in [2.45, 2.75) is 19.4 Å². The second-order valence-corrected chi connectivity index (χ2v) is 5.40. The summed E-state index contributed by atoms with van der Waals surface area (Å²) in [6.07, 6.45) is 4.38. The predicted molar refractivity (Wildman–Crippen MR) is 81.9 cm³/mol. The third kappa shape index (κ3) is 2.42. The van der Waals surface area contributed by atoms with E-state index < -0.39 is 0 Å². The fraction of sp³-hybridized carbons (Fsp3) is 0.286. The first-order valence-corrected chi connectivity index (χ1v) is 7.06. The summed E-state index contributed by atoms with van der Waals surface area (Å²) >= 11 is 6.32. The highest BCUT2D eigenvalue weighted by molar-refractivity contribution is 6.31. The van der Waals surface area contributed by atoms with Crippen LogP contribution in [0.25, 0.3) is 5.52 Å². The van der Waals surface area contributed by atoms with Crippen LogP contribution in [-0.4, -0.2) is 19.4 Å². The van der Waals surface area contributed by atoms with Crippen LogP contribution in [0.4, 0.5) is 0 Å². The third-order valence-electron chi connectivity index (χ3n) is 3.69. The van der Waals surface area contributed by atoms with Crippen molar-refractivity contribution in [3.8, 4) is 0 Å². The van der Waals surface area contributed by atoms with Crippen molar-refractivity contribution in [2.75, 3.05) is 0 Å². The number of halogens is 1. The maximum atomic E-state index is 6.32. The Morgan fingerprint density at radius 3 is 2.90 bits per heavy atom. The van der Waals surface area contributed by atoms with Crippen LogP contribution < -0.4 is 11.3 Å². The van der Waals surface area contributed by atoms with Crippen molar-refractivity contribution in [3.63, 3.8) is 0 Å². The van der Waals surface area contributed by atoms with Crippen molar-refractivity contribution in [1.82, 2.24) is 24.8 Å². The first-order chi connectivity index (χ1) is 10.1. The maximum Gasteiger partial charge on any atom is 0.0847 e. The SMILES string of the molecule is Cc1nn(C)c(CC(NN)c2cnn3ccccc23)c1Cl. The molecule has 3 N–H and O–H groups in total. The molecule has 0 aliphatic heterocycles. The number of nitrogens with zero attached hydrogens (tertiary/aromatic N) is 4. The van der Waals surface area contributed by atoms with Gasteiger partial charge in [-0.1, -0.05) is 17.7 Å². The van der Waals surface area contributed by atoms with Gasteiger partial charge in [-0.05, 0) is 19.1 Å². The highest BCUT2D eigenvalue weighted by Crippen LogP contribution is 2.27. The number of nitrogens with two attached hydrogens (primary N) is 1. The van der Waals surface area contributed by atoms with Gasteiger partial charge in [0.05, 0.1) is 34.2 Å². The molecule has 6 nitrogen and oxygen atoms in total. The average Bonchev–Trinajstić information content (AvgIpc) is 3.00. The average molecular weight is 305 g/mol. The molecular formula is C14H17ClN6. The molecule has 0 aliphatic rings. The molecule has 3 rings (SSSR count). The molecule has 110 valence electrons. The highest BCUT2D eigenvalue weighted by Gasteiger charge is 2.20. The summed E-state index contributed by atoms with van der Waals surface area (Å²) in [5.74, 6) is 5.75. The van der Waals surface area contributed by atoms with Crippen LogP contribution in [0.2, 0.25) is 5.02 Å². The van der Waals surface area contributed by atoms with E-state index in [0.29, 0.717) is 11.4 Å². The molecule has 0 saturated heterocycles. The van der Waals surface area contributed by atoms with Gasteiger partial charge in [0, 0.05) is 25.2 Å². The minimum atomic E-state index is -0.0859. The Balaban J connectivity index is 1.99. The monoisotopic (exact) mass is 304 g/mol. The lowest BCUT2D eigenvalue weighted by atomic mass is 10.0. The van der Waals surface area contributed by atoms with Gasteiger partial charge in [0.1, 0.15) is 0 Å². The van der Waals surface area contributed by atoms with E-state index in [1.54, 1.807) is 4.68 Å². The Morgan fingerprint density at radius 1 is 1.43 bits per heavy atom. The van der Waals surface area contributed by atoms with E-state index in [-0.39, 0.29) is 6.04 Å². The number of aryl methyl sites for hydroxylation is 2. The summed E-state index contributed by atoms with van der Waals surface area (Å²) in [5, 5.41) is 9.37. The number of hydrogen-bond donors (Lipinski definition) is 2. The zero-order valence-electron chi connectivity index (χ0n) is 11.9. The number of rotatable bonds is 4. The van der Waals surface area contributed by atoms with Crippen molar-refractivity contribution in [1.29, 1.82) is 0 Å². The molecule has 1 unspecified atom stereocenters. The largest absolute Gasteiger partial charge is 0.271 e. The molecule has 3 aromatic heterocycles. The zero-order valence-corrected chi connectivity index (χ0v) is 12.7. The summed E-state index contributed by atoms with van der Waals surface area (Å²) in [7, 11) is 1.89. The van der Waals surface area contributed by atoms with Gasteiger partial charge < -0.3 is 0 Å². The molecule has 0 bridgehead atoms. The van der Waals surface area contributed by atoms with E-state index in [4.69, 9.17) is 17.4 Å². The number of pyridine rings is 1. The van der Waals surface area contributed by atoms with Crippen LogP contribution in [0.15, 0.2) is 30.6 Å². The molecule has 7 heteroatoms. The van der Waals surface area contributed by atoms with Gasteiger partial charge in [-0.15, -0.1) is 0 Å². The van der Waals surface area contributed by atoms with Gasteiger partial charge >= 0.3 is 0 Å². The summed E-state index contributed by atoms with van der Waals surface area (Å²) < 4.78 is 3.63. The van der Waals surface area contributed by atoms with E-state index in [1.807, 2.05) is 49.1 Å². The Labute approximate surface area is 127 Å². The summed E-state index contributed by atoms with van der Waals surface area (Å²) in [5.41, 5.74) is 6.69. The molecule has 0 amide bonds. The second kappa shape index (κ2) is 5.48. The predicted octanol–water partition coefficient (Wildman–Crippen LogP) is 1.78. The van der Waals surface area contributed by atoms with Crippen LogP contribution in [0.5, 0.6) is 0 Å². The molecule has 3 aromatic rings. The molecular weight excluding hydrogens is 288 g/mol. The van der Waals surface area contributed by atoms with E-state index in [2.05, 4.69) is 15.6 Å². The topological polar surface area (TPSA) is 73.2 Å². The minimum Gasteiger partial charge on any atom is -0.271 e. The Bertz CT molecular complexity index is 775. The van der Waals surface area contributed by atoms with Crippen LogP contribution in [0.3, 0.4) is 0 Å². The molecule has 0 saturated carbocycles. The molecule has 3 heterocycles. The third-order valence-corrected chi connectivity index (χ3v) is 4.18. The number of hydrazine groups is 1. The molecule has 0 fully saturated rings. The summed E-state index contributed by atoms with van der Waals surface area (Å²) in [6.45, 7) is 1.89. The fourth-order valence-corrected chi connectivity index (χ4v) is 2.81. The van der Waals surface area contributed by atoms with Crippen LogP contribution >= 0.6 is 11.6 Å². The molecule has 1 atom stereocenters. The molecule has 0 radical (unpaired) electrons. The van der Waals surface area contributed by atoms with Gasteiger partial charge in [-0.3, -0.25) is 16.0 Å². The quantitative estimate of drug-likeness (QED) is 0.569. The van der Waals surface area contributed by atoms with Crippen molar-refractivity contribution in [2.24, 2.45) is 12.9 Å². The number of fused-ring (bicyclic) bond motifs is 1. The zero-order chi connectivity index (χ0) is 15.0. The van der Waals surface area contributed by atoms with E-state index in [9.17, 15) is 0 Å². The number of hydrogen-bond acceptors (Lipinski definition) is 4. The summed E-state index contributed by atoms with van der Waals surface area (Å²) in [6, 6.07) is 5.85. The number of aromatic nitrogens is 4. The Hall–Kier alpha value is -1.89. The lowest BCUT2D eigenvalue weighted by Crippen LogP contribution is -2.30. The molecule has 0 aliphatic carbocycles. The van der Waals surface area contributed by atoms with Crippen molar-refractivity contribution in [3.05, 3.63) is 52.6 Å². The molecule has 21 heavy (non-hydrogen) atoms. The lowest BCUT2D eigenvalue weighted by Gasteiger charge is -2.15. The Morgan fingerprint density at radius 2 is 2.24 bits per heavy atom. The Kier molecular flexibility index (Phi) is 3.67. The molecule has 0 aromatic carbocycles. The van der Waals surface area contributed by atoms with Gasteiger partial charge in [0.25, 0.3) is 0 Å². The van der Waals surface area contributed by atoms with Crippen LogP contribution in [0.1, 0.15) is 23.0 Å². The normalized spacial score (nSPS) is 13.0. The lowest BCUT2D eigenvalue weighted by molar-refractivity contribution is 0.533. The van der Waals surface area contributed by atoms with Crippen molar-refractivity contribution >= 4 is 17.1 Å². The number of nitrogens with one attached hydrogen (secondary N) is 1. The van der Waals surface area contributed by atoms with Crippen molar-refractivity contribution < 1.29 is 0 Å². The first kappa shape index (κ1) is 14.1. The second-order valence-electron chi connectivity index (χ2n) is 5.02. The van der Waals surface area contributed by atoms with Gasteiger partial charge in [-0.25, -0.2) is 4.52 Å². The minimum absolute atomic E-state index is 0.0859. The van der Waals surface area contributed by atoms with Crippen LogP contribution in [0, 0.1) is 6.92 Å². The standard InChI is InChI=1S/C14H17ClN6/c1-9-14(15)13(20(2)19-9)7-11(18-16)10-8-17-21-6-4-3-5-12(10)21/h3-6,8,11,18H,7,16H2,1-2H3. The fourth-order valence-electron chi connectivity index (χ4n) is 2.58. The maximum absolute atomic E-state index is 6.32. The van der Waals surface area contributed by atoms with Gasteiger partial charge in [0.15, 0.2) is 0 Å². The molecule has 0 spiro atoms. The van der Waals surface area contributed by atoms with Gasteiger partial charge in [0.2, 0.25) is 0 Å². The van der Waals surface area contributed by atoms with E-state index in [1.165, 1.54) is 0 Å². The highest BCUT2D eigenvalue weighted by atomic mass is 35.5.